The van der Waals surface area contributed by atoms with Crippen molar-refractivity contribution in [1.82, 2.24) is 0 Å². The van der Waals surface area contributed by atoms with E-state index in [1.807, 2.05) is 18.2 Å². The fourth-order valence-corrected chi connectivity index (χ4v) is 2.20. The second-order valence-corrected chi connectivity index (χ2v) is 4.81. The number of rotatable bonds is 0. The second kappa shape index (κ2) is 4.95. The van der Waals surface area contributed by atoms with Gasteiger partial charge in [0.25, 0.3) is 0 Å². The Morgan fingerprint density at radius 1 is 1.33 bits per heavy atom. The number of fused-ring (bicyclic) bond motifs is 1. The van der Waals surface area contributed by atoms with Crippen molar-refractivity contribution in [3.05, 3.63) is 40.4 Å². The van der Waals surface area contributed by atoms with Gasteiger partial charge < -0.3 is 0 Å². The molecule has 0 N–H and O–H groups in total. The largest absolute Gasteiger partial charge is 0.236 e. The lowest BCUT2D eigenvalue weighted by atomic mass is 10.1. The summed E-state index contributed by atoms with van der Waals surface area (Å²) in [6.07, 6.45) is 7.19. The van der Waals surface area contributed by atoms with Crippen LogP contribution in [0.4, 0.5) is 5.69 Å². The fraction of sp³-hybridized carbons (Fsp3) is 0.250. The maximum Gasteiger partial charge on any atom is 0.129 e. The maximum absolute atomic E-state index is 5.99. The lowest BCUT2D eigenvalue weighted by molar-refractivity contribution is 0.844. The lowest BCUT2D eigenvalue weighted by Gasteiger charge is -2.04. The van der Waals surface area contributed by atoms with Gasteiger partial charge in [0.15, 0.2) is 0 Å². The minimum atomic E-state index is 0.556. The average Bonchev–Trinajstić information content (AvgIpc) is 2.28. The summed E-state index contributed by atoms with van der Waals surface area (Å²) < 4.78 is 1.10. The molecular weight excluding hydrogens is 273 g/mol. The van der Waals surface area contributed by atoms with Gasteiger partial charge in [-0.3, -0.25) is 0 Å². The standard InChI is InChI=1S/C12H11BrClN/c13-10-6-7-11-9(8-10)4-2-1-3-5-12(14)15-11/h3,5-8H,1-2,4H2/b5-3-,15-12?. The molecule has 78 valence electrons. The number of nitrogens with zero attached hydrogens (tertiary/aromatic N) is 1. The summed E-state index contributed by atoms with van der Waals surface area (Å²) >= 11 is 9.46. The summed E-state index contributed by atoms with van der Waals surface area (Å²) in [5, 5.41) is 0.556. The van der Waals surface area contributed by atoms with Crippen molar-refractivity contribution >= 4 is 38.4 Å². The highest BCUT2D eigenvalue weighted by Crippen LogP contribution is 2.26. The predicted molar refractivity (Wildman–Crippen MR) is 69.2 cm³/mol. The molecule has 0 aromatic heterocycles. The highest BCUT2D eigenvalue weighted by atomic mass is 79.9. The Labute approximate surface area is 103 Å². The van der Waals surface area contributed by atoms with Crippen LogP contribution >= 0.6 is 27.5 Å². The van der Waals surface area contributed by atoms with Crippen LogP contribution in [0.25, 0.3) is 0 Å². The molecule has 1 aromatic rings. The van der Waals surface area contributed by atoms with E-state index in [0.29, 0.717) is 5.17 Å². The molecule has 1 heterocycles. The molecule has 0 bridgehead atoms. The first-order valence-electron chi connectivity index (χ1n) is 4.95. The Morgan fingerprint density at radius 2 is 2.20 bits per heavy atom. The quantitative estimate of drug-likeness (QED) is 0.660. The molecule has 1 aliphatic rings. The van der Waals surface area contributed by atoms with Crippen molar-refractivity contribution in [3.8, 4) is 0 Å². The lowest BCUT2D eigenvalue weighted by Crippen LogP contribution is -1.86. The predicted octanol–water partition coefficient (Wildman–Crippen LogP) is 4.61. The highest BCUT2D eigenvalue weighted by molar-refractivity contribution is 9.10. The molecule has 0 fully saturated rings. The van der Waals surface area contributed by atoms with Crippen molar-refractivity contribution < 1.29 is 0 Å². The summed E-state index contributed by atoms with van der Waals surface area (Å²) in [5.41, 5.74) is 2.24. The Hall–Kier alpha value is -0.600. The molecule has 1 nitrogen and oxygen atoms in total. The van der Waals surface area contributed by atoms with Crippen molar-refractivity contribution in [2.24, 2.45) is 4.99 Å². The van der Waals surface area contributed by atoms with Gasteiger partial charge >= 0.3 is 0 Å². The number of allylic oxidation sites excluding steroid dienone is 2. The zero-order chi connectivity index (χ0) is 10.7. The minimum Gasteiger partial charge on any atom is -0.236 e. The topological polar surface area (TPSA) is 12.4 Å². The van der Waals surface area contributed by atoms with Crippen LogP contribution in [0.2, 0.25) is 0 Å². The van der Waals surface area contributed by atoms with Crippen LogP contribution in [0.3, 0.4) is 0 Å². The Morgan fingerprint density at radius 3 is 3.07 bits per heavy atom. The fourth-order valence-electron chi connectivity index (χ4n) is 1.61. The number of aryl methyl sites for hydroxylation is 1. The van der Waals surface area contributed by atoms with Crippen molar-refractivity contribution in [1.29, 1.82) is 0 Å². The minimum absolute atomic E-state index is 0.556. The molecule has 1 aliphatic heterocycles. The normalized spacial score (nSPS) is 18.1. The molecule has 2 rings (SSSR count). The van der Waals surface area contributed by atoms with E-state index in [9.17, 15) is 0 Å². The average molecular weight is 285 g/mol. The van der Waals surface area contributed by atoms with Gasteiger partial charge in [0.05, 0.1) is 5.69 Å². The molecule has 0 spiro atoms. The van der Waals surface area contributed by atoms with Crippen LogP contribution in [0.1, 0.15) is 18.4 Å². The molecular formula is C12H11BrClN. The van der Waals surface area contributed by atoms with Gasteiger partial charge in [0.1, 0.15) is 5.17 Å². The first-order chi connectivity index (χ1) is 7.25. The van der Waals surface area contributed by atoms with E-state index < -0.39 is 0 Å². The SMILES string of the molecule is ClC1=Nc2ccc(Br)cc2CCC/C=C\1. The first kappa shape index (κ1) is 10.9. The summed E-state index contributed by atoms with van der Waals surface area (Å²) in [4.78, 5) is 4.38. The summed E-state index contributed by atoms with van der Waals surface area (Å²) in [5.74, 6) is 0. The van der Waals surface area contributed by atoms with Crippen LogP contribution in [0.15, 0.2) is 39.8 Å². The van der Waals surface area contributed by atoms with Crippen LogP contribution in [0, 0.1) is 0 Å². The van der Waals surface area contributed by atoms with Crippen LogP contribution < -0.4 is 0 Å². The molecule has 15 heavy (non-hydrogen) atoms. The van der Waals surface area contributed by atoms with Crippen molar-refractivity contribution in [2.75, 3.05) is 0 Å². The molecule has 1 aromatic carbocycles. The third-order valence-corrected chi connectivity index (χ3v) is 3.04. The first-order valence-corrected chi connectivity index (χ1v) is 6.12. The summed E-state index contributed by atoms with van der Waals surface area (Å²) in [6, 6.07) is 6.11. The zero-order valence-electron chi connectivity index (χ0n) is 8.21. The van der Waals surface area contributed by atoms with Crippen molar-refractivity contribution in [2.45, 2.75) is 19.3 Å². The number of benzene rings is 1. The summed E-state index contributed by atoms with van der Waals surface area (Å²) in [7, 11) is 0. The van der Waals surface area contributed by atoms with E-state index in [-0.39, 0.29) is 0 Å². The van der Waals surface area contributed by atoms with Gasteiger partial charge in [-0.15, -0.1) is 0 Å². The third-order valence-electron chi connectivity index (χ3n) is 2.34. The van der Waals surface area contributed by atoms with Crippen LogP contribution in [0.5, 0.6) is 0 Å². The molecule has 3 heteroatoms. The van der Waals surface area contributed by atoms with Gasteiger partial charge in [-0.25, -0.2) is 4.99 Å². The van der Waals surface area contributed by atoms with E-state index in [1.54, 1.807) is 0 Å². The number of aliphatic imine (C=N–C) groups is 1. The maximum atomic E-state index is 5.99. The smallest absolute Gasteiger partial charge is 0.129 e. The van der Waals surface area contributed by atoms with Gasteiger partial charge in [-0.2, -0.15) is 0 Å². The molecule has 0 aliphatic carbocycles. The van der Waals surface area contributed by atoms with E-state index in [2.05, 4.69) is 33.1 Å². The van der Waals surface area contributed by atoms with Crippen LogP contribution in [-0.4, -0.2) is 5.17 Å². The molecule has 0 saturated heterocycles. The van der Waals surface area contributed by atoms with Gasteiger partial charge in [-0.05, 0) is 49.1 Å². The zero-order valence-corrected chi connectivity index (χ0v) is 10.6. The van der Waals surface area contributed by atoms with E-state index >= 15 is 0 Å². The highest BCUT2D eigenvalue weighted by Gasteiger charge is 2.04. The Bertz CT molecular complexity index is 424. The van der Waals surface area contributed by atoms with E-state index in [1.165, 1.54) is 5.56 Å². The van der Waals surface area contributed by atoms with Crippen LogP contribution in [-0.2, 0) is 6.42 Å². The molecule has 0 amide bonds. The number of hydrogen-bond acceptors (Lipinski definition) is 1. The van der Waals surface area contributed by atoms with Gasteiger partial charge in [0, 0.05) is 4.47 Å². The van der Waals surface area contributed by atoms with Gasteiger partial charge in [-0.1, -0.05) is 33.6 Å². The molecule has 0 radical (unpaired) electrons. The van der Waals surface area contributed by atoms with E-state index in [0.717, 1.165) is 29.4 Å². The number of halogens is 2. The number of hydrogen-bond donors (Lipinski definition) is 0. The molecule has 0 saturated carbocycles. The molecule has 0 unspecified atom stereocenters. The summed E-state index contributed by atoms with van der Waals surface area (Å²) in [6.45, 7) is 0. The Balaban J connectivity index is 2.45. The van der Waals surface area contributed by atoms with Gasteiger partial charge in [0.2, 0.25) is 0 Å². The monoisotopic (exact) mass is 283 g/mol. The van der Waals surface area contributed by atoms with Crippen molar-refractivity contribution in [3.63, 3.8) is 0 Å². The van der Waals surface area contributed by atoms with E-state index in [4.69, 9.17) is 11.6 Å². The molecule has 0 atom stereocenters. The second-order valence-electron chi connectivity index (χ2n) is 3.50. The Kier molecular flexibility index (Phi) is 3.60. The third kappa shape index (κ3) is 2.93.